The van der Waals surface area contributed by atoms with Gasteiger partial charge >= 0.3 is 6.09 Å². The van der Waals surface area contributed by atoms with E-state index in [2.05, 4.69) is 11.4 Å². The average molecular weight is 237 g/mol. The molecule has 4 nitrogen and oxygen atoms in total. The van der Waals surface area contributed by atoms with Crippen molar-refractivity contribution in [2.75, 3.05) is 20.3 Å². The molecule has 0 spiro atoms. The minimum atomic E-state index is -0.363. The highest BCUT2D eigenvalue weighted by molar-refractivity contribution is 5.67. The lowest BCUT2D eigenvalue weighted by Crippen LogP contribution is -2.26. The van der Waals surface area contributed by atoms with Gasteiger partial charge in [-0.15, -0.1) is 0 Å². The second kappa shape index (κ2) is 6.78. The van der Waals surface area contributed by atoms with Gasteiger partial charge in [-0.25, -0.2) is 4.79 Å². The largest absolute Gasteiger partial charge is 0.496 e. The van der Waals surface area contributed by atoms with Gasteiger partial charge in [0.1, 0.15) is 5.75 Å². The summed E-state index contributed by atoms with van der Waals surface area (Å²) >= 11 is 0. The Morgan fingerprint density at radius 3 is 2.76 bits per heavy atom. The fourth-order valence-electron chi connectivity index (χ4n) is 1.59. The van der Waals surface area contributed by atoms with Crippen molar-refractivity contribution in [1.82, 2.24) is 5.32 Å². The molecule has 0 aliphatic heterocycles. The summed E-state index contributed by atoms with van der Waals surface area (Å²) in [6.45, 7) is 4.76. The van der Waals surface area contributed by atoms with Crippen LogP contribution in [-0.4, -0.2) is 26.4 Å². The van der Waals surface area contributed by atoms with Crippen LogP contribution in [0.25, 0.3) is 0 Å². The molecule has 0 atom stereocenters. The molecule has 1 aromatic rings. The minimum absolute atomic E-state index is 0.363. The maximum atomic E-state index is 11.0. The molecule has 4 heteroatoms. The number of carbonyl (C=O) groups excluding carboxylic acids is 1. The molecule has 0 radical (unpaired) electrons. The summed E-state index contributed by atoms with van der Waals surface area (Å²) in [6.07, 6.45) is 0.418. The lowest BCUT2D eigenvalue weighted by atomic mass is 10.1. The number of carbonyl (C=O) groups is 1. The van der Waals surface area contributed by atoms with Crippen LogP contribution in [0.2, 0.25) is 0 Å². The number of ether oxygens (including phenoxy) is 2. The van der Waals surface area contributed by atoms with Crippen molar-refractivity contribution in [2.24, 2.45) is 0 Å². The molecule has 0 saturated heterocycles. The Kier molecular flexibility index (Phi) is 5.33. The number of nitrogens with one attached hydrogen (secondary N) is 1. The molecule has 17 heavy (non-hydrogen) atoms. The van der Waals surface area contributed by atoms with Crippen molar-refractivity contribution in [1.29, 1.82) is 0 Å². The number of rotatable bonds is 5. The molecular weight excluding hydrogens is 218 g/mol. The van der Waals surface area contributed by atoms with E-state index in [0.717, 1.165) is 17.7 Å². The minimum Gasteiger partial charge on any atom is -0.496 e. The lowest BCUT2D eigenvalue weighted by Gasteiger charge is -2.08. The maximum Gasteiger partial charge on any atom is 0.407 e. The molecule has 1 amide bonds. The van der Waals surface area contributed by atoms with E-state index in [1.165, 1.54) is 5.56 Å². The van der Waals surface area contributed by atoms with Crippen molar-refractivity contribution < 1.29 is 14.3 Å². The lowest BCUT2D eigenvalue weighted by molar-refractivity contribution is 0.152. The van der Waals surface area contributed by atoms with Gasteiger partial charge in [-0.05, 0) is 37.5 Å². The second-order valence-electron chi connectivity index (χ2n) is 3.70. The molecule has 1 rings (SSSR count). The van der Waals surface area contributed by atoms with E-state index >= 15 is 0 Å². The summed E-state index contributed by atoms with van der Waals surface area (Å²) in [5, 5.41) is 2.69. The van der Waals surface area contributed by atoms with Crippen LogP contribution in [0.15, 0.2) is 18.2 Å². The van der Waals surface area contributed by atoms with Crippen LogP contribution in [0.5, 0.6) is 5.75 Å². The van der Waals surface area contributed by atoms with Gasteiger partial charge in [0.05, 0.1) is 13.7 Å². The molecule has 0 fully saturated rings. The van der Waals surface area contributed by atoms with Crippen LogP contribution in [0.1, 0.15) is 18.1 Å². The molecule has 94 valence electrons. The van der Waals surface area contributed by atoms with Crippen LogP contribution in [0.4, 0.5) is 4.79 Å². The fraction of sp³-hybridized carbons (Fsp3) is 0.462. The zero-order chi connectivity index (χ0) is 12.7. The first-order valence-electron chi connectivity index (χ1n) is 5.71. The summed E-state index contributed by atoms with van der Waals surface area (Å²) in [5.41, 5.74) is 2.27. The van der Waals surface area contributed by atoms with Crippen LogP contribution < -0.4 is 10.1 Å². The van der Waals surface area contributed by atoms with Gasteiger partial charge in [0.15, 0.2) is 0 Å². The molecule has 1 N–H and O–H groups in total. The van der Waals surface area contributed by atoms with Gasteiger partial charge in [-0.3, -0.25) is 0 Å². The van der Waals surface area contributed by atoms with Crippen molar-refractivity contribution in [3.8, 4) is 5.75 Å². The normalized spacial score (nSPS) is 9.82. The summed E-state index contributed by atoms with van der Waals surface area (Å²) < 4.78 is 9.95. The second-order valence-corrected chi connectivity index (χ2v) is 3.70. The van der Waals surface area contributed by atoms with Crippen LogP contribution in [-0.2, 0) is 11.2 Å². The number of hydrogen-bond acceptors (Lipinski definition) is 3. The van der Waals surface area contributed by atoms with Gasteiger partial charge in [0.2, 0.25) is 0 Å². The van der Waals surface area contributed by atoms with Crippen molar-refractivity contribution in [3.05, 3.63) is 29.3 Å². The van der Waals surface area contributed by atoms with Gasteiger partial charge in [-0.1, -0.05) is 12.1 Å². The standard InChI is InChI=1S/C13H19NO3/c1-4-17-13(15)14-8-7-11-5-6-12(16-3)10(2)9-11/h5-6,9H,4,7-8H2,1-3H3,(H,14,15). The molecule has 0 aliphatic carbocycles. The Balaban J connectivity index is 2.42. The molecule has 0 unspecified atom stereocenters. The number of hydrogen-bond donors (Lipinski definition) is 1. The maximum absolute atomic E-state index is 11.0. The monoisotopic (exact) mass is 237 g/mol. The number of alkyl carbamates (subject to hydrolysis) is 1. The Hall–Kier alpha value is -1.71. The van der Waals surface area contributed by atoms with Gasteiger partial charge in [-0.2, -0.15) is 0 Å². The third-order valence-electron chi connectivity index (χ3n) is 2.42. The Morgan fingerprint density at radius 1 is 1.41 bits per heavy atom. The predicted molar refractivity (Wildman–Crippen MR) is 66.5 cm³/mol. The van der Waals surface area contributed by atoms with Gasteiger partial charge < -0.3 is 14.8 Å². The molecule has 0 bridgehead atoms. The molecule has 0 aromatic heterocycles. The van der Waals surface area contributed by atoms with E-state index in [1.807, 2.05) is 19.1 Å². The highest BCUT2D eigenvalue weighted by Gasteiger charge is 2.02. The number of amides is 1. The molecular formula is C13H19NO3. The summed E-state index contributed by atoms with van der Waals surface area (Å²) in [7, 11) is 1.66. The summed E-state index contributed by atoms with van der Waals surface area (Å²) in [5.74, 6) is 0.882. The molecule has 0 heterocycles. The quantitative estimate of drug-likeness (QED) is 0.854. The van der Waals surface area contributed by atoms with Gasteiger partial charge in [0.25, 0.3) is 0 Å². The van der Waals surface area contributed by atoms with Gasteiger partial charge in [0, 0.05) is 6.54 Å². The third-order valence-corrected chi connectivity index (χ3v) is 2.42. The van der Waals surface area contributed by atoms with E-state index in [0.29, 0.717) is 13.2 Å². The van der Waals surface area contributed by atoms with Crippen LogP contribution in [0.3, 0.4) is 0 Å². The highest BCUT2D eigenvalue weighted by Crippen LogP contribution is 2.18. The summed E-state index contributed by atoms with van der Waals surface area (Å²) in [4.78, 5) is 11.0. The topological polar surface area (TPSA) is 47.6 Å². The van der Waals surface area contributed by atoms with Crippen molar-refractivity contribution in [3.63, 3.8) is 0 Å². The first-order chi connectivity index (χ1) is 8.17. The first kappa shape index (κ1) is 13.4. The Morgan fingerprint density at radius 2 is 2.18 bits per heavy atom. The smallest absolute Gasteiger partial charge is 0.407 e. The summed E-state index contributed by atoms with van der Waals surface area (Å²) in [6, 6.07) is 6.00. The SMILES string of the molecule is CCOC(=O)NCCc1ccc(OC)c(C)c1. The Labute approximate surface area is 102 Å². The van der Waals surface area contributed by atoms with Crippen molar-refractivity contribution >= 4 is 6.09 Å². The zero-order valence-corrected chi connectivity index (χ0v) is 10.6. The van der Waals surface area contributed by atoms with E-state index < -0.39 is 0 Å². The molecule has 0 saturated carbocycles. The third kappa shape index (κ3) is 4.34. The van der Waals surface area contributed by atoms with E-state index in [-0.39, 0.29) is 6.09 Å². The highest BCUT2D eigenvalue weighted by atomic mass is 16.5. The van der Waals surface area contributed by atoms with Crippen LogP contribution >= 0.6 is 0 Å². The molecule has 0 aliphatic rings. The predicted octanol–water partition coefficient (Wildman–Crippen LogP) is 2.29. The van der Waals surface area contributed by atoms with E-state index in [9.17, 15) is 4.79 Å². The fourth-order valence-corrected chi connectivity index (χ4v) is 1.59. The number of aryl methyl sites for hydroxylation is 1. The van der Waals surface area contributed by atoms with Crippen molar-refractivity contribution in [2.45, 2.75) is 20.3 Å². The average Bonchev–Trinajstić information content (AvgIpc) is 2.29. The first-order valence-corrected chi connectivity index (χ1v) is 5.71. The Bertz CT molecular complexity index is 377. The van der Waals surface area contributed by atoms with E-state index in [4.69, 9.17) is 9.47 Å². The van der Waals surface area contributed by atoms with E-state index in [1.54, 1.807) is 14.0 Å². The number of benzene rings is 1. The zero-order valence-electron chi connectivity index (χ0n) is 10.6. The molecule has 1 aromatic carbocycles. The van der Waals surface area contributed by atoms with Crippen LogP contribution in [0, 0.1) is 6.92 Å². The number of methoxy groups -OCH3 is 1.